The van der Waals surface area contributed by atoms with Gasteiger partial charge in [0.25, 0.3) is 5.69 Å². The monoisotopic (exact) mass is 412 g/mol. The van der Waals surface area contributed by atoms with Crippen LogP contribution in [0.2, 0.25) is 0 Å². The van der Waals surface area contributed by atoms with Crippen molar-refractivity contribution in [2.24, 2.45) is 0 Å². The summed E-state index contributed by atoms with van der Waals surface area (Å²) in [6.07, 6.45) is 0. The smallest absolute Gasteiger partial charge is 0.283 e. The van der Waals surface area contributed by atoms with Crippen molar-refractivity contribution in [2.75, 3.05) is 0 Å². The molecule has 1 unspecified atom stereocenters. The second-order valence-corrected chi connectivity index (χ2v) is 6.47. The van der Waals surface area contributed by atoms with Crippen LogP contribution in [-0.4, -0.2) is 4.92 Å². The van der Waals surface area contributed by atoms with Gasteiger partial charge in [-0.05, 0) is 52.2 Å². The maximum atomic E-state index is 10.9. The van der Waals surface area contributed by atoms with Gasteiger partial charge in [-0.15, -0.1) is 0 Å². The Labute approximate surface area is 140 Å². The molecule has 0 bridgehead atoms. The van der Waals surface area contributed by atoms with Crippen molar-refractivity contribution >= 4 is 37.5 Å². The number of rotatable bonds is 5. The van der Waals surface area contributed by atoms with E-state index in [0.29, 0.717) is 11.0 Å². The zero-order valence-electron chi connectivity index (χ0n) is 11.3. The topological polar surface area (TPSA) is 55.2 Å². The number of nitrogens with zero attached hydrogens (tertiary/aromatic N) is 1. The zero-order chi connectivity index (χ0) is 15.4. The van der Waals surface area contributed by atoms with Crippen LogP contribution in [-0.2, 0) is 6.54 Å². The molecule has 2 aromatic carbocycles. The third kappa shape index (κ3) is 4.36. The molecule has 1 atom stereocenters. The van der Waals surface area contributed by atoms with Gasteiger partial charge in [0.1, 0.15) is 0 Å². The SMILES string of the molecule is CC(NCc1ccc(Br)c([N+](=O)[O-])c1)c1cccc(Br)c1. The first-order valence-electron chi connectivity index (χ1n) is 6.39. The van der Waals surface area contributed by atoms with E-state index in [0.717, 1.165) is 15.6 Å². The number of benzene rings is 2. The normalized spacial score (nSPS) is 12.1. The number of hydrogen-bond donors (Lipinski definition) is 1. The highest BCUT2D eigenvalue weighted by Crippen LogP contribution is 2.26. The van der Waals surface area contributed by atoms with Crippen LogP contribution in [0.3, 0.4) is 0 Å². The molecule has 0 heterocycles. The maximum Gasteiger partial charge on any atom is 0.283 e. The largest absolute Gasteiger partial charge is 0.306 e. The molecule has 0 spiro atoms. The molecule has 0 aromatic heterocycles. The van der Waals surface area contributed by atoms with Crippen LogP contribution in [0.5, 0.6) is 0 Å². The molecule has 6 heteroatoms. The van der Waals surface area contributed by atoms with E-state index in [1.165, 1.54) is 0 Å². The molecule has 2 aromatic rings. The summed E-state index contributed by atoms with van der Waals surface area (Å²) >= 11 is 6.64. The summed E-state index contributed by atoms with van der Waals surface area (Å²) < 4.78 is 1.53. The fourth-order valence-electron chi connectivity index (χ4n) is 1.97. The molecule has 0 aliphatic heterocycles. The zero-order valence-corrected chi connectivity index (χ0v) is 14.5. The van der Waals surface area contributed by atoms with Gasteiger partial charge in [0.2, 0.25) is 0 Å². The van der Waals surface area contributed by atoms with Crippen molar-refractivity contribution in [2.45, 2.75) is 19.5 Å². The lowest BCUT2D eigenvalue weighted by molar-refractivity contribution is -0.385. The van der Waals surface area contributed by atoms with Crippen LogP contribution in [0.1, 0.15) is 24.1 Å². The number of nitro groups is 1. The molecule has 0 saturated carbocycles. The van der Waals surface area contributed by atoms with Gasteiger partial charge in [0.05, 0.1) is 9.40 Å². The predicted octanol–water partition coefficient (Wildman–Crippen LogP) is 4.97. The second kappa shape index (κ2) is 7.15. The van der Waals surface area contributed by atoms with E-state index >= 15 is 0 Å². The summed E-state index contributed by atoms with van der Waals surface area (Å²) in [6.45, 7) is 2.64. The molecule has 0 radical (unpaired) electrons. The number of nitrogens with one attached hydrogen (secondary N) is 1. The molecule has 0 amide bonds. The molecule has 0 saturated heterocycles. The molecular weight excluding hydrogens is 400 g/mol. The first-order chi connectivity index (χ1) is 9.97. The van der Waals surface area contributed by atoms with E-state index < -0.39 is 0 Å². The Hall–Kier alpha value is -1.24. The molecule has 0 aliphatic carbocycles. The van der Waals surface area contributed by atoms with Crippen LogP contribution < -0.4 is 5.32 Å². The second-order valence-electron chi connectivity index (χ2n) is 4.70. The van der Waals surface area contributed by atoms with E-state index in [2.05, 4.69) is 50.2 Å². The van der Waals surface area contributed by atoms with Crippen LogP contribution in [0.25, 0.3) is 0 Å². The lowest BCUT2D eigenvalue weighted by atomic mass is 10.1. The molecule has 2 rings (SSSR count). The Morgan fingerprint density at radius 1 is 1.24 bits per heavy atom. The Kier molecular flexibility index (Phi) is 5.50. The highest BCUT2D eigenvalue weighted by Gasteiger charge is 2.13. The third-order valence-electron chi connectivity index (χ3n) is 3.17. The molecular formula is C15H14Br2N2O2. The van der Waals surface area contributed by atoms with Gasteiger partial charge in [-0.3, -0.25) is 10.1 Å². The average Bonchev–Trinajstić information content (AvgIpc) is 2.45. The van der Waals surface area contributed by atoms with E-state index in [4.69, 9.17) is 0 Å². The minimum absolute atomic E-state index is 0.0874. The minimum Gasteiger partial charge on any atom is -0.306 e. The van der Waals surface area contributed by atoms with Crippen molar-refractivity contribution < 1.29 is 4.92 Å². The van der Waals surface area contributed by atoms with Gasteiger partial charge in [0, 0.05) is 23.1 Å². The molecule has 0 fully saturated rings. The predicted molar refractivity (Wildman–Crippen MR) is 90.2 cm³/mol. The summed E-state index contributed by atoms with van der Waals surface area (Å²) in [7, 11) is 0. The average molecular weight is 414 g/mol. The number of nitro benzene ring substituents is 1. The highest BCUT2D eigenvalue weighted by molar-refractivity contribution is 9.10. The lowest BCUT2D eigenvalue weighted by Crippen LogP contribution is -2.18. The Morgan fingerprint density at radius 2 is 2.00 bits per heavy atom. The first kappa shape index (κ1) is 16.1. The molecule has 0 aliphatic rings. The van der Waals surface area contributed by atoms with Crippen molar-refractivity contribution in [1.29, 1.82) is 0 Å². The van der Waals surface area contributed by atoms with Gasteiger partial charge < -0.3 is 5.32 Å². The molecule has 110 valence electrons. The summed E-state index contributed by atoms with van der Waals surface area (Å²) in [4.78, 5) is 10.5. The van der Waals surface area contributed by atoms with Crippen molar-refractivity contribution in [3.63, 3.8) is 0 Å². The van der Waals surface area contributed by atoms with Crippen molar-refractivity contribution in [3.05, 3.63) is 72.7 Å². The standard InChI is InChI=1S/C15H14Br2N2O2/c1-10(12-3-2-4-13(16)8-12)18-9-11-5-6-14(17)15(7-11)19(20)21/h2-8,10,18H,9H2,1H3. The van der Waals surface area contributed by atoms with Crippen molar-refractivity contribution in [1.82, 2.24) is 5.32 Å². The van der Waals surface area contributed by atoms with E-state index in [-0.39, 0.29) is 16.7 Å². The Balaban J connectivity index is 2.06. The first-order valence-corrected chi connectivity index (χ1v) is 7.97. The van der Waals surface area contributed by atoms with Crippen LogP contribution >= 0.6 is 31.9 Å². The fraction of sp³-hybridized carbons (Fsp3) is 0.200. The summed E-state index contributed by atoms with van der Waals surface area (Å²) in [6, 6.07) is 13.4. The van der Waals surface area contributed by atoms with E-state index in [1.54, 1.807) is 12.1 Å². The van der Waals surface area contributed by atoms with Crippen LogP contribution in [0.15, 0.2) is 51.4 Å². The van der Waals surface area contributed by atoms with Gasteiger partial charge >= 0.3 is 0 Å². The quantitative estimate of drug-likeness (QED) is 0.556. The van der Waals surface area contributed by atoms with E-state index in [9.17, 15) is 10.1 Å². The maximum absolute atomic E-state index is 10.9. The van der Waals surface area contributed by atoms with E-state index in [1.807, 2.05) is 24.3 Å². The summed E-state index contributed by atoms with van der Waals surface area (Å²) in [5.41, 5.74) is 2.13. The minimum atomic E-state index is -0.384. The van der Waals surface area contributed by atoms with Gasteiger partial charge in [-0.25, -0.2) is 0 Å². The van der Waals surface area contributed by atoms with Gasteiger partial charge in [0.15, 0.2) is 0 Å². The van der Waals surface area contributed by atoms with Crippen molar-refractivity contribution in [3.8, 4) is 0 Å². The molecule has 4 nitrogen and oxygen atoms in total. The van der Waals surface area contributed by atoms with Crippen LogP contribution in [0.4, 0.5) is 5.69 Å². The highest BCUT2D eigenvalue weighted by atomic mass is 79.9. The lowest BCUT2D eigenvalue weighted by Gasteiger charge is -2.14. The Morgan fingerprint density at radius 3 is 2.67 bits per heavy atom. The number of hydrogen-bond acceptors (Lipinski definition) is 3. The molecule has 1 N–H and O–H groups in total. The Bertz CT molecular complexity index is 662. The summed E-state index contributed by atoms with van der Waals surface area (Å²) in [5, 5.41) is 14.3. The summed E-state index contributed by atoms with van der Waals surface area (Å²) in [5.74, 6) is 0. The third-order valence-corrected chi connectivity index (χ3v) is 4.33. The molecule has 21 heavy (non-hydrogen) atoms. The van der Waals surface area contributed by atoms with Gasteiger partial charge in [-0.1, -0.05) is 34.1 Å². The number of halogens is 2. The van der Waals surface area contributed by atoms with Gasteiger partial charge in [-0.2, -0.15) is 0 Å². The fourth-order valence-corrected chi connectivity index (χ4v) is 2.78. The van der Waals surface area contributed by atoms with Crippen LogP contribution in [0, 0.1) is 10.1 Å².